The largest absolute Gasteiger partial charge is 0.496 e. The van der Waals surface area contributed by atoms with Crippen molar-refractivity contribution in [3.63, 3.8) is 0 Å². The molecule has 0 fully saturated rings. The van der Waals surface area contributed by atoms with Crippen LogP contribution in [0, 0.1) is 6.92 Å². The first-order valence-electron chi connectivity index (χ1n) is 6.13. The molecule has 0 radical (unpaired) electrons. The molecule has 0 saturated carbocycles. The van der Waals surface area contributed by atoms with Crippen LogP contribution in [0.5, 0.6) is 5.75 Å². The molecule has 1 heterocycles. The van der Waals surface area contributed by atoms with Gasteiger partial charge in [-0.05, 0) is 13.0 Å². The highest BCUT2D eigenvalue weighted by Crippen LogP contribution is 2.23. The minimum absolute atomic E-state index is 0.0809. The zero-order valence-electron chi connectivity index (χ0n) is 11.7. The number of carbonyl (C=O) groups excluding carboxylic acids is 1. The minimum atomic E-state index is -0.0809. The van der Waals surface area contributed by atoms with Crippen LogP contribution in [0.1, 0.15) is 20.9 Å². The Kier molecular flexibility index (Phi) is 4.24. The number of carbonyl (C=O) groups is 1. The average Bonchev–Trinajstić information content (AvgIpc) is 2.77. The second-order valence-electron chi connectivity index (χ2n) is 4.44. The van der Waals surface area contributed by atoms with E-state index in [2.05, 4.69) is 4.98 Å². The van der Waals surface area contributed by atoms with Crippen molar-refractivity contribution in [1.29, 1.82) is 0 Å². The topological polar surface area (TPSA) is 68.5 Å². The molecule has 1 aromatic heterocycles. The van der Waals surface area contributed by atoms with Crippen molar-refractivity contribution >= 4 is 22.4 Å². The number of thiazole rings is 1. The fourth-order valence-corrected chi connectivity index (χ4v) is 2.78. The van der Waals surface area contributed by atoms with Crippen LogP contribution in [0.15, 0.2) is 24.3 Å². The molecule has 0 bridgehead atoms. The first-order valence-corrected chi connectivity index (χ1v) is 6.95. The van der Waals surface area contributed by atoms with Crippen molar-refractivity contribution in [3.8, 4) is 5.75 Å². The first-order chi connectivity index (χ1) is 9.52. The van der Waals surface area contributed by atoms with E-state index < -0.39 is 0 Å². The number of nitrogen functional groups attached to an aromatic ring is 1. The molecule has 20 heavy (non-hydrogen) atoms. The lowest BCUT2D eigenvalue weighted by atomic mass is 10.2. The van der Waals surface area contributed by atoms with Gasteiger partial charge in [-0.25, -0.2) is 4.98 Å². The van der Waals surface area contributed by atoms with Gasteiger partial charge in [-0.1, -0.05) is 29.5 Å². The van der Waals surface area contributed by atoms with Gasteiger partial charge in [0.15, 0.2) is 5.13 Å². The number of benzene rings is 1. The Balaban J connectivity index is 2.17. The lowest BCUT2D eigenvalue weighted by molar-refractivity contribution is 0.0788. The van der Waals surface area contributed by atoms with E-state index in [4.69, 9.17) is 10.5 Å². The van der Waals surface area contributed by atoms with Crippen molar-refractivity contribution in [2.75, 3.05) is 19.9 Å². The average molecular weight is 291 g/mol. The summed E-state index contributed by atoms with van der Waals surface area (Å²) in [6.45, 7) is 2.26. The number of anilines is 1. The summed E-state index contributed by atoms with van der Waals surface area (Å²) in [6, 6.07) is 7.64. The molecule has 0 unspecified atom stereocenters. The van der Waals surface area contributed by atoms with Gasteiger partial charge in [0, 0.05) is 19.2 Å². The van der Waals surface area contributed by atoms with Gasteiger partial charge in [-0.15, -0.1) is 0 Å². The number of nitrogens with two attached hydrogens (primary N) is 1. The maximum Gasteiger partial charge on any atom is 0.265 e. The number of hydrogen-bond donors (Lipinski definition) is 1. The van der Waals surface area contributed by atoms with Gasteiger partial charge < -0.3 is 15.4 Å². The van der Waals surface area contributed by atoms with Crippen molar-refractivity contribution in [2.45, 2.75) is 13.5 Å². The molecule has 0 saturated heterocycles. The molecule has 0 aliphatic rings. The van der Waals surface area contributed by atoms with E-state index >= 15 is 0 Å². The van der Waals surface area contributed by atoms with Gasteiger partial charge in [-0.3, -0.25) is 4.79 Å². The van der Waals surface area contributed by atoms with Crippen molar-refractivity contribution < 1.29 is 9.53 Å². The van der Waals surface area contributed by atoms with Crippen molar-refractivity contribution in [2.24, 2.45) is 0 Å². The summed E-state index contributed by atoms with van der Waals surface area (Å²) in [7, 11) is 3.37. The number of hydrogen-bond acceptors (Lipinski definition) is 5. The third-order valence-corrected chi connectivity index (χ3v) is 3.93. The fraction of sp³-hybridized carbons (Fsp3) is 0.286. The van der Waals surface area contributed by atoms with Gasteiger partial charge in [0.2, 0.25) is 0 Å². The Hall–Kier alpha value is -2.08. The summed E-state index contributed by atoms with van der Waals surface area (Å²) in [6.07, 6.45) is 0. The second kappa shape index (κ2) is 5.92. The summed E-state index contributed by atoms with van der Waals surface area (Å²) in [5.41, 5.74) is 7.26. The molecule has 0 aliphatic heterocycles. The summed E-state index contributed by atoms with van der Waals surface area (Å²) < 4.78 is 5.29. The van der Waals surface area contributed by atoms with Crippen LogP contribution in [0.25, 0.3) is 0 Å². The summed E-state index contributed by atoms with van der Waals surface area (Å²) >= 11 is 1.22. The van der Waals surface area contributed by atoms with E-state index in [1.807, 2.05) is 24.3 Å². The van der Waals surface area contributed by atoms with Gasteiger partial charge in [-0.2, -0.15) is 0 Å². The second-order valence-corrected chi connectivity index (χ2v) is 5.47. The Morgan fingerprint density at radius 2 is 2.15 bits per heavy atom. The van der Waals surface area contributed by atoms with E-state index in [0.29, 0.717) is 22.2 Å². The third-order valence-electron chi connectivity index (χ3n) is 2.95. The quantitative estimate of drug-likeness (QED) is 0.938. The SMILES string of the molecule is COc1ccccc1CN(C)C(=O)c1sc(N)nc1C. The Morgan fingerprint density at radius 3 is 2.75 bits per heavy atom. The van der Waals surface area contributed by atoms with Crippen molar-refractivity contribution in [3.05, 3.63) is 40.4 Å². The molecule has 2 rings (SSSR count). The Bertz CT molecular complexity index is 625. The third kappa shape index (κ3) is 2.91. The number of para-hydroxylation sites is 1. The van der Waals surface area contributed by atoms with Gasteiger partial charge in [0.1, 0.15) is 10.6 Å². The molecule has 2 aromatic rings. The number of rotatable bonds is 4. The van der Waals surface area contributed by atoms with Crippen LogP contribution in [-0.4, -0.2) is 29.9 Å². The maximum absolute atomic E-state index is 12.4. The molecule has 0 atom stereocenters. The number of aromatic nitrogens is 1. The monoisotopic (exact) mass is 291 g/mol. The highest BCUT2D eigenvalue weighted by molar-refractivity contribution is 7.17. The van der Waals surface area contributed by atoms with E-state index in [0.717, 1.165) is 11.3 Å². The van der Waals surface area contributed by atoms with Gasteiger partial charge in [0.25, 0.3) is 5.91 Å². The van der Waals surface area contributed by atoms with E-state index in [-0.39, 0.29) is 5.91 Å². The standard InChI is InChI=1S/C14H17N3O2S/c1-9-12(20-14(15)16-9)13(18)17(2)8-10-6-4-5-7-11(10)19-3/h4-7H,8H2,1-3H3,(H2,15,16). The lowest BCUT2D eigenvalue weighted by Gasteiger charge is -2.18. The number of aryl methyl sites for hydroxylation is 1. The highest BCUT2D eigenvalue weighted by Gasteiger charge is 2.19. The zero-order chi connectivity index (χ0) is 14.7. The minimum Gasteiger partial charge on any atom is -0.496 e. The number of amides is 1. The predicted octanol–water partition coefficient (Wildman–Crippen LogP) is 2.31. The van der Waals surface area contributed by atoms with Crippen LogP contribution in [0.3, 0.4) is 0 Å². The van der Waals surface area contributed by atoms with Crippen LogP contribution in [0.2, 0.25) is 0 Å². The van der Waals surface area contributed by atoms with Crippen LogP contribution >= 0.6 is 11.3 Å². The van der Waals surface area contributed by atoms with E-state index in [1.165, 1.54) is 11.3 Å². The van der Waals surface area contributed by atoms with Gasteiger partial charge >= 0.3 is 0 Å². The molecule has 0 spiro atoms. The van der Waals surface area contributed by atoms with Crippen LogP contribution < -0.4 is 10.5 Å². The van der Waals surface area contributed by atoms with Crippen molar-refractivity contribution in [1.82, 2.24) is 9.88 Å². The zero-order valence-corrected chi connectivity index (χ0v) is 12.5. The number of methoxy groups -OCH3 is 1. The Morgan fingerprint density at radius 1 is 1.45 bits per heavy atom. The molecule has 6 heteroatoms. The number of nitrogens with zero attached hydrogens (tertiary/aromatic N) is 2. The molecule has 1 amide bonds. The summed E-state index contributed by atoms with van der Waals surface area (Å²) in [4.78, 5) is 18.7. The molecule has 0 aliphatic carbocycles. The van der Waals surface area contributed by atoms with E-state index in [9.17, 15) is 4.79 Å². The smallest absolute Gasteiger partial charge is 0.265 e. The van der Waals surface area contributed by atoms with E-state index in [1.54, 1.807) is 26.0 Å². The lowest BCUT2D eigenvalue weighted by Crippen LogP contribution is -2.26. The van der Waals surface area contributed by atoms with Crippen LogP contribution in [-0.2, 0) is 6.54 Å². The highest BCUT2D eigenvalue weighted by atomic mass is 32.1. The molecule has 5 nitrogen and oxygen atoms in total. The summed E-state index contributed by atoms with van der Waals surface area (Å²) in [5, 5.41) is 0.413. The molecule has 1 aromatic carbocycles. The number of ether oxygens (including phenoxy) is 1. The predicted molar refractivity (Wildman–Crippen MR) is 80.1 cm³/mol. The molecular formula is C14H17N3O2S. The maximum atomic E-state index is 12.4. The normalized spacial score (nSPS) is 10.3. The molecular weight excluding hydrogens is 274 g/mol. The Labute approximate surface area is 122 Å². The first kappa shape index (κ1) is 14.3. The fourth-order valence-electron chi connectivity index (χ4n) is 1.95. The molecule has 106 valence electrons. The molecule has 2 N–H and O–H groups in total. The summed E-state index contributed by atoms with van der Waals surface area (Å²) in [5.74, 6) is 0.690. The van der Waals surface area contributed by atoms with Gasteiger partial charge in [0.05, 0.1) is 12.8 Å². The van der Waals surface area contributed by atoms with Crippen LogP contribution in [0.4, 0.5) is 5.13 Å².